The van der Waals surface area contributed by atoms with Crippen LogP contribution in [0.25, 0.3) is 10.9 Å². The van der Waals surface area contributed by atoms with Crippen molar-refractivity contribution in [3.63, 3.8) is 0 Å². The maximum absolute atomic E-state index is 15.3. The zero-order valence-corrected chi connectivity index (χ0v) is 17.3. The van der Waals surface area contributed by atoms with Gasteiger partial charge in [-0.3, -0.25) is 4.79 Å². The molecule has 2 aliphatic rings. The number of rotatable bonds is 3. The Bertz CT molecular complexity index is 1130. The lowest BCUT2D eigenvalue weighted by atomic mass is 10.1. The molecule has 30 heavy (non-hydrogen) atoms. The van der Waals surface area contributed by atoms with Crippen molar-refractivity contribution in [1.29, 1.82) is 0 Å². The number of anilines is 1. The predicted molar refractivity (Wildman–Crippen MR) is 113 cm³/mol. The third kappa shape index (κ3) is 3.33. The van der Waals surface area contributed by atoms with E-state index >= 15 is 4.39 Å². The fourth-order valence-electron chi connectivity index (χ4n) is 4.29. The van der Waals surface area contributed by atoms with Gasteiger partial charge >= 0.3 is 5.97 Å². The van der Waals surface area contributed by atoms with Crippen LogP contribution in [-0.4, -0.2) is 41.9 Å². The summed E-state index contributed by atoms with van der Waals surface area (Å²) in [6.45, 7) is 3.53. The molecule has 2 aromatic rings. The van der Waals surface area contributed by atoms with Crippen LogP contribution >= 0.6 is 11.6 Å². The summed E-state index contributed by atoms with van der Waals surface area (Å²) in [7, 11) is 0. The molecule has 1 aromatic carbocycles. The number of nitrogens with two attached hydrogens (primary N) is 1. The molecule has 3 N–H and O–H groups in total. The number of pyridine rings is 1. The van der Waals surface area contributed by atoms with Crippen molar-refractivity contribution >= 4 is 34.2 Å². The van der Waals surface area contributed by atoms with Crippen LogP contribution in [0.3, 0.4) is 0 Å². The Morgan fingerprint density at radius 3 is 2.87 bits per heavy atom. The third-order valence-electron chi connectivity index (χ3n) is 5.84. The Labute approximate surface area is 177 Å². The van der Waals surface area contributed by atoms with Gasteiger partial charge in [0.1, 0.15) is 17.9 Å². The Balaban J connectivity index is 1.89. The first-order valence-electron chi connectivity index (χ1n) is 9.92. The van der Waals surface area contributed by atoms with Crippen molar-refractivity contribution in [2.45, 2.75) is 32.2 Å². The monoisotopic (exact) mass is 435 g/mol. The van der Waals surface area contributed by atoms with Crippen LogP contribution < -0.4 is 20.8 Å². The smallest absolute Gasteiger partial charge is 0.341 e. The van der Waals surface area contributed by atoms with Crippen molar-refractivity contribution < 1.29 is 19.0 Å². The van der Waals surface area contributed by atoms with E-state index in [1.807, 2.05) is 11.8 Å². The van der Waals surface area contributed by atoms with Gasteiger partial charge in [-0.1, -0.05) is 17.2 Å². The van der Waals surface area contributed by atoms with E-state index in [1.54, 1.807) is 4.57 Å². The molecule has 2 aliphatic heterocycles. The first kappa shape index (κ1) is 20.7. The fraction of sp³-hybridized carbons (Fsp3) is 0.429. The average Bonchev–Trinajstić information content (AvgIpc) is 2.97. The Hall–Kier alpha value is -2.58. The zero-order chi connectivity index (χ0) is 21.6. The highest BCUT2D eigenvalue weighted by Gasteiger charge is 2.30. The van der Waals surface area contributed by atoms with Crippen molar-refractivity contribution in [2.75, 3.05) is 31.1 Å². The van der Waals surface area contributed by atoms with Crippen LogP contribution in [0.1, 0.15) is 42.6 Å². The van der Waals surface area contributed by atoms with E-state index in [4.69, 9.17) is 22.1 Å². The minimum atomic E-state index is -1.33. The number of nitrogens with zero attached hydrogens (tertiary/aromatic N) is 2. The highest BCUT2D eigenvalue weighted by atomic mass is 35.5. The molecule has 160 valence electrons. The first-order valence-corrected chi connectivity index (χ1v) is 10.3. The Kier molecular flexibility index (Phi) is 5.46. The van der Waals surface area contributed by atoms with Crippen LogP contribution in [0.2, 0.25) is 0 Å². The minimum Gasteiger partial charge on any atom is -0.487 e. The van der Waals surface area contributed by atoms with Crippen LogP contribution in [0.5, 0.6) is 5.75 Å². The van der Waals surface area contributed by atoms with Gasteiger partial charge in [0.2, 0.25) is 5.43 Å². The number of hydrogen-bond donors (Lipinski definition) is 2. The van der Waals surface area contributed by atoms with E-state index in [0.717, 1.165) is 24.5 Å². The second kappa shape index (κ2) is 7.92. The SMILES string of the molecule is C[C@H]1COc2c(N3CCC/C(=C(/Cl)CN)CC3)c(F)cc3c(=O)c(C(=O)O)cn1c23. The molecule has 0 radical (unpaired) electrons. The first-order chi connectivity index (χ1) is 14.3. The molecular weight excluding hydrogens is 413 g/mol. The van der Waals surface area contributed by atoms with Gasteiger partial charge in [0.25, 0.3) is 0 Å². The maximum Gasteiger partial charge on any atom is 0.341 e. The number of carboxylic acids is 1. The summed E-state index contributed by atoms with van der Waals surface area (Å²) in [6.07, 6.45) is 3.56. The molecule has 9 heteroatoms. The lowest BCUT2D eigenvalue weighted by Gasteiger charge is -2.32. The van der Waals surface area contributed by atoms with Gasteiger partial charge in [0, 0.05) is 30.9 Å². The molecule has 1 fully saturated rings. The van der Waals surface area contributed by atoms with Crippen molar-refractivity contribution in [3.8, 4) is 5.75 Å². The van der Waals surface area contributed by atoms with Crippen LogP contribution in [0, 0.1) is 5.82 Å². The lowest BCUT2D eigenvalue weighted by Crippen LogP contribution is -2.30. The highest BCUT2D eigenvalue weighted by Crippen LogP contribution is 2.42. The van der Waals surface area contributed by atoms with E-state index in [9.17, 15) is 14.7 Å². The second-order valence-electron chi connectivity index (χ2n) is 7.73. The number of ether oxygens (including phenoxy) is 1. The second-order valence-corrected chi connectivity index (χ2v) is 8.19. The van der Waals surface area contributed by atoms with Crippen molar-refractivity contribution in [3.05, 3.63) is 44.5 Å². The zero-order valence-electron chi connectivity index (χ0n) is 16.6. The molecule has 0 saturated carbocycles. The van der Waals surface area contributed by atoms with E-state index in [2.05, 4.69) is 0 Å². The van der Waals surface area contributed by atoms with Crippen LogP contribution in [0.15, 0.2) is 27.7 Å². The highest BCUT2D eigenvalue weighted by molar-refractivity contribution is 6.30. The number of benzene rings is 1. The molecule has 0 unspecified atom stereocenters. The number of hydrogen-bond acceptors (Lipinski definition) is 5. The summed E-state index contributed by atoms with van der Waals surface area (Å²) in [6, 6.07) is 0.939. The molecule has 0 bridgehead atoms. The number of halogens is 2. The minimum absolute atomic E-state index is 0.0132. The molecular formula is C21H23ClFN3O4. The molecule has 4 rings (SSSR count). The van der Waals surface area contributed by atoms with E-state index in [1.165, 1.54) is 6.20 Å². The number of aromatic nitrogens is 1. The molecule has 0 spiro atoms. The van der Waals surface area contributed by atoms with Crippen molar-refractivity contribution in [2.24, 2.45) is 5.73 Å². The molecule has 0 aliphatic carbocycles. The molecule has 1 aromatic heterocycles. The van der Waals surface area contributed by atoms with Gasteiger partial charge in [-0.2, -0.15) is 0 Å². The molecule has 7 nitrogen and oxygen atoms in total. The van der Waals surface area contributed by atoms with Gasteiger partial charge in [0.15, 0.2) is 11.6 Å². The Morgan fingerprint density at radius 2 is 2.17 bits per heavy atom. The van der Waals surface area contributed by atoms with Crippen LogP contribution in [-0.2, 0) is 0 Å². The molecule has 0 amide bonds. The van der Waals surface area contributed by atoms with Gasteiger partial charge in [-0.25, -0.2) is 9.18 Å². The molecule has 1 atom stereocenters. The third-order valence-corrected chi connectivity index (χ3v) is 6.26. The summed E-state index contributed by atoms with van der Waals surface area (Å²) in [4.78, 5) is 26.1. The standard InChI is InChI=1S/C21H23ClFN3O4/c1-11-10-30-20-17-13(19(27)14(21(28)29)9-26(11)17)7-16(23)18(20)25-5-2-3-12(4-6-25)15(22)8-24/h7,9,11H,2-6,8,10,24H2,1H3,(H,28,29)/b15-12-/t11-/m0/s1. The Morgan fingerprint density at radius 1 is 1.40 bits per heavy atom. The van der Waals surface area contributed by atoms with E-state index < -0.39 is 17.2 Å². The largest absolute Gasteiger partial charge is 0.487 e. The van der Waals surface area contributed by atoms with Crippen LogP contribution in [0.4, 0.5) is 10.1 Å². The molecule has 1 saturated heterocycles. The summed E-state index contributed by atoms with van der Waals surface area (Å²) in [5.41, 5.74) is 6.38. The number of carboxylic acid groups (broad SMARTS) is 1. The van der Waals surface area contributed by atoms with Gasteiger partial charge < -0.3 is 25.0 Å². The van der Waals surface area contributed by atoms with Gasteiger partial charge in [-0.15, -0.1) is 0 Å². The summed E-state index contributed by atoms with van der Waals surface area (Å²) >= 11 is 6.23. The van der Waals surface area contributed by atoms with Crippen molar-refractivity contribution in [1.82, 2.24) is 4.57 Å². The molecule has 3 heterocycles. The average molecular weight is 436 g/mol. The number of aromatic carboxylic acids is 1. The van der Waals surface area contributed by atoms with E-state index in [-0.39, 0.29) is 35.9 Å². The van der Waals surface area contributed by atoms with Gasteiger partial charge in [-0.05, 0) is 32.3 Å². The summed E-state index contributed by atoms with van der Waals surface area (Å²) < 4.78 is 22.9. The maximum atomic E-state index is 15.3. The number of carbonyl (C=O) groups is 1. The van der Waals surface area contributed by atoms with E-state index in [0.29, 0.717) is 35.7 Å². The normalized spacial score (nSPS) is 20.7. The van der Waals surface area contributed by atoms with Gasteiger partial charge in [0.05, 0.1) is 16.9 Å². The topological polar surface area (TPSA) is 97.8 Å². The fourth-order valence-corrected chi connectivity index (χ4v) is 4.48. The predicted octanol–water partition coefficient (Wildman–Crippen LogP) is 3.23. The summed E-state index contributed by atoms with van der Waals surface area (Å²) in [5.74, 6) is -1.65. The lowest BCUT2D eigenvalue weighted by molar-refractivity contribution is 0.0694. The summed E-state index contributed by atoms with van der Waals surface area (Å²) in [5, 5.41) is 10.1. The quantitative estimate of drug-likeness (QED) is 0.768.